The number of aromatic nitrogens is 5. The minimum absolute atomic E-state index is 0.139. The van der Waals surface area contributed by atoms with E-state index >= 15 is 0 Å². The molecule has 8 heteroatoms. The average molecular weight is 275 g/mol. The Balaban J connectivity index is 1.57. The van der Waals surface area contributed by atoms with Crippen molar-refractivity contribution in [2.24, 2.45) is 0 Å². The van der Waals surface area contributed by atoms with Gasteiger partial charge in [0.25, 0.3) is 0 Å². The number of nitrogens with one attached hydrogen (secondary N) is 2. The minimum atomic E-state index is -0.139. The standard InChI is InChI=1S/C12H17N7O/c20-12(9-18-6-5-14-17-18)16-10-7-15-19(8-10)11-1-3-13-4-2-11/h5-8,11,13H,1-4,9H2,(H,16,20). The molecule has 106 valence electrons. The van der Waals surface area contributed by atoms with Crippen LogP contribution in [0.25, 0.3) is 0 Å². The molecule has 0 atom stereocenters. The summed E-state index contributed by atoms with van der Waals surface area (Å²) in [6.07, 6.45) is 8.89. The number of amides is 1. The van der Waals surface area contributed by atoms with Crippen LogP contribution >= 0.6 is 0 Å². The summed E-state index contributed by atoms with van der Waals surface area (Å²) >= 11 is 0. The van der Waals surface area contributed by atoms with E-state index in [0.29, 0.717) is 11.7 Å². The van der Waals surface area contributed by atoms with E-state index in [9.17, 15) is 4.79 Å². The van der Waals surface area contributed by atoms with Gasteiger partial charge in [0.05, 0.1) is 24.1 Å². The van der Waals surface area contributed by atoms with Gasteiger partial charge >= 0.3 is 0 Å². The summed E-state index contributed by atoms with van der Waals surface area (Å²) in [6, 6.07) is 0.414. The Labute approximate surface area is 116 Å². The van der Waals surface area contributed by atoms with Crippen molar-refractivity contribution in [3.05, 3.63) is 24.8 Å². The molecule has 2 N–H and O–H groups in total. The number of carbonyl (C=O) groups excluding carboxylic acids is 1. The SMILES string of the molecule is O=C(Cn1ccnn1)Nc1cnn(C2CCNCC2)c1. The van der Waals surface area contributed by atoms with Crippen molar-refractivity contribution in [2.75, 3.05) is 18.4 Å². The fraction of sp³-hybridized carbons (Fsp3) is 0.500. The maximum atomic E-state index is 11.8. The molecule has 0 unspecified atom stereocenters. The lowest BCUT2D eigenvalue weighted by molar-refractivity contribution is -0.116. The number of hydrogen-bond donors (Lipinski definition) is 2. The van der Waals surface area contributed by atoms with Crippen molar-refractivity contribution in [2.45, 2.75) is 25.4 Å². The summed E-state index contributed by atoms with van der Waals surface area (Å²) in [6.45, 7) is 2.18. The second-order valence-corrected chi connectivity index (χ2v) is 4.84. The van der Waals surface area contributed by atoms with Crippen LogP contribution in [0.1, 0.15) is 18.9 Å². The van der Waals surface area contributed by atoms with Crippen molar-refractivity contribution in [1.82, 2.24) is 30.1 Å². The van der Waals surface area contributed by atoms with Gasteiger partial charge in [-0.1, -0.05) is 5.21 Å². The summed E-state index contributed by atoms with van der Waals surface area (Å²) < 4.78 is 3.42. The van der Waals surface area contributed by atoms with Gasteiger partial charge in [0.15, 0.2) is 0 Å². The van der Waals surface area contributed by atoms with Crippen LogP contribution in [0.4, 0.5) is 5.69 Å². The van der Waals surface area contributed by atoms with Crippen LogP contribution in [0.15, 0.2) is 24.8 Å². The molecule has 20 heavy (non-hydrogen) atoms. The Kier molecular flexibility index (Phi) is 3.73. The number of carbonyl (C=O) groups is 1. The summed E-state index contributed by atoms with van der Waals surface area (Å²) in [4.78, 5) is 11.8. The highest BCUT2D eigenvalue weighted by atomic mass is 16.2. The molecule has 1 fully saturated rings. The van der Waals surface area contributed by atoms with Gasteiger partial charge in [0.1, 0.15) is 6.54 Å². The first-order valence-corrected chi connectivity index (χ1v) is 6.70. The van der Waals surface area contributed by atoms with Crippen LogP contribution < -0.4 is 10.6 Å². The molecule has 0 aliphatic carbocycles. The van der Waals surface area contributed by atoms with Gasteiger partial charge in [0, 0.05) is 12.4 Å². The molecule has 0 saturated carbocycles. The molecule has 1 saturated heterocycles. The normalized spacial score (nSPS) is 16.2. The first-order chi connectivity index (χ1) is 9.81. The fourth-order valence-corrected chi connectivity index (χ4v) is 2.34. The second kappa shape index (κ2) is 5.83. The van der Waals surface area contributed by atoms with E-state index in [4.69, 9.17) is 0 Å². The van der Waals surface area contributed by atoms with Crippen molar-refractivity contribution in [3.8, 4) is 0 Å². The molecule has 1 amide bonds. The number of hydrogen-bond acceptors (Lipinski definition) is 5. The lowest BCUT2D eigenvalue weighted by Gasteiger charge is -2.22. The zero-order valence-corrected chi connectivity index (χ0v) is 11.1. The van der Waals surface area contributed by atoms with Crippen LogP contribution in [-0.4, -0.2) is 43.8 Å². The van der Waals surface area contributed by atoms with E-state index in [-0.39, 0.29) is 12.5 Å². The predicted molar refractivity (Wildman–Crippen MR) is 72.0 cm³/mol. The second-order valence-electron chi connectivity index (χ2n) is 4.84. The van der Waals surface area contributed by atoms with E-state index in [2.05, 4.69) is 26.0 Å². The highest BCUT2D eigenvalue weighted by molar-refractivity contribution is 5.90. The smallest absolute Gasteiger partial charge is 0.246 e. The van der Waals surface area contributed by atoms with E-state index in [1.807, 2.05) is 10.9 Å². The van der Waals surface area contributed by atoms with Gasteiger partial charge in [-0.15, -0.1) is 5.10 Å². The van der Waals surface area contributed by atoms with Crippen molar-refractivity contribution in [3.63, 3.8) is 0 Å². The first kappa shape index (κ1) is 12.8. The van der Waals surface area contributed by atoms with Gasteiger partial charge in [-0.2, -0.15) is 5.10 Å². The van der Waals surface area contributed by atoms with Crippen LogP contribution in [0.3, 0.4) is 0 Å². The number of piperidine rings is 1. The zero-order chi connectivity index (χ0) is 13.8. The molecule has 0 aromatic carbocycles. The quantitative estimate of drug-likeness (QED) is 0.822. The Hall–Kier alpha value is -2.22. The topological polar surface area (TPSA) is 89.7 Å². The summed E-state index contributed by atoms with van der Waals surface area (Å²) in [5.41, 5.74) is 0.716. The van der Waals surface area contributed by atoms with E-state index in [0.717, 1.165) is 25.9 Å². The molecule has 8 nitrogen and oxygen atoms in total. The molecular formula is C12H17N7O. The molecule has 2 aromatic rings. The van der Waals surface area contributed by atoms with Crippen LogP contribution in [0.5, 0.6) is 0 Å². The van der Waals surface area contributed by atoms with Crippen LogP contribution in [0, 0.1) is 0 Å². The van der Waals surface area contributed by atoms with E-state index < -0.39 is 0 Å². The number of rotatable bonds is 4. The molecular weight excluding hydrogens is 258 g/mol. The van der Waals surface area contributed by atoms with Gasteiger partial charge in [0.2, 0.25) is 5.91 Å². The van der Waals surface area contributed by atoms with Gasteiger partial charge < -0.3 is 10.6 Å². The van der Waals surface area contributed by atoms with Crippen molar-refractivity contribution >= 4 is 11.6 Å². The predicted octanol–water partition coefficient (Wildman–Crippen LogP) is 0.0378. The van der Waals surface area contributed by atoms with Crippen molar-refractivity contribution in [1.29, 1.82) is 0 Å². The number of nitrogens with zero attached hydrogens (tertiary/aromatic N) is 5. The molecule has 0 bridgehead atoms. The van der Waals surface area contributed by atoms with Crippen LogP contribution in [-0.2, 0) is 11.3 Å². The third kappa shape index (κ3) is 3.02. The average Bonchev–Trinajstić information content (AvgIpc) is 3.11. The van der Waals surface area contributed by atoms with Gasteiger partial charge in [-0.3, -0.25) is 9.48 Å². The molecule has 0 radical (unpaired) electrons. The maximum Gasteiger partial charge on any atom is 0.246 e. The summed E-state index contributed by atoms with van der Waals surface area (Å²) in [7, 11) is 0. The Bertz CT molecular complexity index is 556. The highest BCUT2D eigenvalue weighted by Crippen LogP contribution is 2.19. The number of anilines is 1. The van der Waals surface area contributed by atoms with Crippen molar-refractivity contribution < 1.29 is 4.79 Å². The molecule has 1 aliphatic heterocycles. The lowest BCUT2D eigenvalue weighted by Crippen LogP contribution is -2.29. The minimum Gasteiger partial charge on any atom is -0.322 e. The monoisotopic (exact) mass is 275 g/mol. The van der Waals surface area contributed by atoms with Gasteiger partial charge in [-0.05, 0) is 25.9 Å². The first-order valence-electron chi connectivity index (χ1n) is 6.70. The molecule has 2 aromatic heterocycles. The highest BCUT2D eigenvalue weighted by Gasteiger charge is 2.16. The Morgan fingerprint density at radius 1 is 1.45 bits per heavy atom. The maximum absolute atomic E-state index is 11.8. The molecule has 3 heterocycles. The largest absolute Gasteiger partial charge is 0.322 e. The zero-order valence-electron chi connectivity index (χ0n) is 11.1. The summed E-state index contributed by atoms with van der Waals surface area (Å²) in [5, 5.41) is 17.9. The molecule has 1 aliphatic rings. The lowest BCUT2D eigenvalue weighted by atomic mass is 10.1. The Morgan fingerprint density at radius 2 is 2.30 bits per heavy atom. The Morgan fingerprint density at radius 3 is 3.05 bits per heavy atom. The molecule has 0 spiro atoms. The third-order valence-corrected chi connectivity index (χ3v) is 3.35. The van der Waals surface area contributed by atoms with E-state index in [1.165, 1.54) is 4.68 Å². The fourth-order valence-electron chi connectivity index (χ4n) is 2.34. The van der Waals surface area contributed by atoms with Gasteiger partial charge in [-0.25, -0.2) is 4.68 Å². The summed E-state index contributed by atoms with van der Waals surface area (Å²) in [5.74, 6) is -0.139. The van der Waals surface area contributed by atoms with Crippen LogP contribution in [0.2, 0.25) is 0 Å². The van der Waals surface area contributed by atoms with E-state index in [1.54, 1.807) is 18.6 Å². The molecule has 3 rings (SSSR count). The third-order valence-electron chi connectivity index (χ3n) is 3.35.